The van der Waals surface area contributed by atoms with Gasteiger partial charge in [0.2, 0.25) is 0 Å². The van der Waals surface area contributed by atoms with Gasteiger partial charge < -0.3 is 18.9 Å². The van der Waals surface area contributed by atoms with Crippen molar-refractivity contribution in [1.82, 2.24) is 0 Å². The Balaban J connectivity index is 1.06. The minimum absolute atomic E-state index is 0.105. The summed E-state index contributed by atoms with van der Waals surface area (Å²) in [6.07, 6.45) is 7.46. The second-order valence-corrected chi connectivity index (χ2v) is 15.3. The number of carbonyl (C=O) groups is 5. The minimum Gasteiger partial charge on any atom is -0.427 e. The van der Waals surface area contributed by atoms with E-state index in [9.17, 15) is 24.0 Å². The molecule has 0 aliphatic rings. The first-order valence-corrected chi connectivity index (χ1v) is 21.4. The van der Waals surface area contributed by atoms with Crippen LogP contribution in [0, 0.1) is 0 Å². The lowest BCUT2D eigenvalue weighted by molar-refractivity contribution is -0.135. The minimum atomic E-state index is -0.683. The largest absolute Gasteiger partial charge is 0.427 e. The molecule has 0 aliphatic heterocycles. The SMILES string of the molecule is CCCCC(=O)c1cc2cc(OC(=O)c3ccc(OC(=O)CCc4ccc(CCC)cc4)cc3)ccc2cc1OC(=O)c1ccc(OC(=O)CCc2ccc(CCC)cc2)cc1. The Morgan fingerprint density at radius 3 is 1.32 bits per heavy atom. The molecule has 6 aromatic carbocycles. The second-order valence-electron chi connectivity index (χ2n) is 15.3. The van der Waals surface area contributed by atoms with Crippen LogP contribution < -0.4 is 18.9 Å². The molecule has 0 saturated heterocycles. The third kappa shape index (κ3) is 12.8. The molecule has 0 fully saturated rings. The molecular weight excluding hydrogens is 781 g/mol. The fourth-order valence-corrected chi connectivity index (χ4v) is 6.92. The molecule has 9 nitrogen and oxygen atoms in total. The summed E-state index contributed by atoms with van der Waals surface area (Å²) in [6.45, 7) is 6.26. The van der Waals surface area contributed by atoms with Crippen molar-refractivity contribution in [3.63, 3.8) is 0 Å². The summed E-state index contributed by atoms with van der Waals surface area (Å²) >= 11 is 0. The van der Waals surface area contributed by atoms with Crippen molar-refractivity contribution in [2.24, 2.45) is 0 Å². The van der Waals surface area contributed by atoms with E-state index in [-0.39, 0.29) is 65.2 Å². The van der Waals surface area contributed by atoms with E-state index in [1.807, 2.05) is 31.2 Å². The van der Waals surface area contributed by atoms with Crippen LogP contribution in [0.15, 0.2) is 127 Å². The molecule has 0 atom stereocenters. The number of hydrogen-bond donors (Lipinski definition) is 0. The molecule has 0 saturated carbocycles. The topological polar surface area (TPSA) is 122 Å². The molecule has 0 spiro atoms. The number of fused-ring (bicyclic) bond motifs is 1. The van der Waals surface area contributed by atoms with E-state index < -0.39 is 11.9 Å². The molecule has 6 rings (SSSR count). The van der Waals surface area contributed by atoms with Gasteiger partial charge in [-0.2, -0.15) is 0 Å². The zero-order valence-corrected chi connectivity index (χ0v) is 35.6. The van der Waals surface area contributed by atoms with Crippen LogP contribution in [0.1, 0.15) is 119 Å². The first-order chi connectivity index (χ1) is 30.1. The Morgan fingerprint density at radius 2 is 0.855 bits per heavy atom. The molecular formula is C53H52O9. The van der Waals surface area contributed by atoms with Crippen molar-refractivity contribution < 1.29 is 42.9 Å². The summed E-state index contributed by atoms with van der Waals surface area (Å²) in [5.41, 5.74) is 5.35. The predicted molar refractivity (Wildman–Crippen MR) is 239 cm³/mol. The molecule has 0 bridgehead atoms. The Kier molecular flexibility index (Phi) is 15.9. The van der Waals surface area contributed by atoms with E-state index >= 15 is 0 Å². The maximum absolute atomic E-state index is 13.4. The van der Waals surface area contributed by atoms with Crippen molar-refractivity contribution in [3.8, 4) is 23.0 Å². The van der Waals surface area contributed by atoms with E-state index in [1.54, 1.807) is 42.5 Å². The van der Waals surface area contributed by atoms with Crippen LogP contribution in [0.3, 0.4) is 0 Å². The zero-order valence-electron chi connectivity index (χ0n) is 35.6. The number of esters is 4. The van der Waals surface area contributed by atoms with Crippen LogP contribution in [0.4, 0.5) is 0 Å². The molecule has 0 heterocycles. The second kappa shape index (κ2) is 22.1. The van der Waals surface area contributed by atoms with Crippen LogP contribution in [-0.4, -0.2) is 29.7 Å². The number of unbranched alkanes of at least 4 members (excludes halogenated alkanes) is 1. The first kappa shape index (κ1) is 44.7. The highest BCUT2D eigenvalue weighted by Gasteiger charge is 2.19. The van der Waals surface area contributed by atoms with Crippen molar-refractivity contribution in [3.05, 3.63) is 166 Å². The fraction of sp³-hybridized carbons (Fsp3) is 0.264. The average Bonchev–Trinajstić information content (AvgIpc) is 3.28. The molecule has 318 valence electrons. The number of hydrogen-bond acceptors (Lipinski definition) is 9. The number of aryl methyl sites for hydroxylation is 4. The predicted octanol–water partition coefficient (Wildman–Crippen LogP) is 11.6. The van der Waals surface area contributed by atoms with Gasteiger partial charge >= 0.3 is 23.9 Å². The molecule has 0 unspecified atom stereocenters. The Hall–Kier alpha value is -6.87. The van der Waals surface area contributed by atoms with E-state index in [0.29, 0.717) is 41.5 Å². The maximum atomic E-state index is 13.4. The maximum Gasteiger partial charge on any atom is 0.343 e. The van der Waals surface area contributed by atoms with Crippen molar-refractivity contribution in [1.29, 1.82) is 0 Å². The van der Waals surface area contributed by atoms with E-state index in [0.717, 1.165) is 43.2 Å². The summed E-state index contributed by atoms with van der Waals surface area (Å²) in [5, 5.41) is 1.26. The van der Waals surface area contributed by atoms with Crippen LogP contribution in [0.5, 0.6) is 23.0 Å². The van der Waals surface area contributed by atoms with Crippen LogP contribution in [-0.2, 0) is 35.3 Å². The Bertz CT molecular complexity index is 2480. The molecule has 0 aliphatic carbocycles. The van der Waals surface area contributed by atoms with E-state index in [4.69, 9.17) is 18.9 Å². The monoisotopic (exact) mass is 832 g/mol. The van der Waals surface area contributed by atoms with Gasteiger partial charge in [0.25, 0.3) is 0 Å². The smallest absolute Gasteiger partial charge is 0.343 e. The van der Waals surface area contributed by atoms with Gasteiger partial charge in [-0.25, -0.2) is 9.59 Å². The highest BCUT2D eigenvalue weighted by atomic mass is 16.5. The molecule has 62 heavy (non-hydrogen) atoms. The molecule has 0 radical (unpaired) electrons. The number of ether oxygens (including phenoxy) is 4. The average molecular weight is 833 g/mol. The summed E-state index contributed by atoms with van der Waals surface area (Å²) < 4.78 is 22.5. The summed E-state index contributed by atoms with van der Waals surface area (Å²) in [5.74, 6) is -1.27. The van der Waals surface area contributed by atoms with Gasteiger partial charge in [0, 0.05) is 19.3 Å². The van der Waals surface area contributed by atoms with Gasteiger partial charge in [0.1, 0.15) is 23.0 Å². The van der Waals surface area contributed by atoms with Crippen LogP contribution >= 0.6 is 0 Å². The summed E-state index contributed by atoms with van der Waals surface area (Å²) in [7, 11) is 0. The lowest BCUT2D eigenvalue weighted by Crippen LogP contribution is -2.13. The number of ketones is 1. The normalized spacial score (nSPS) is 10.9. The molecule has 6 aromatic rings. The molecule has 9 heteroatoms. The lowest BCUT2D eigenvalue weighted by Gasteiger charge is -2.13. The van der Waals surface area contributed by atoms with Gasteiger partial charge in [-0.15, -0.1) is 0 Å². The van der Waals surface area contributed by atoms with Gasteiger partial charge in [0.15, 0.2) is 5.78 Å². The third-order valence-corrected chi connectivity index (χ3v) is 10.4. The highest BCUT2D eigenvalue weighted by molar-refractivity contribution is 6.04. The number of carbonyl (C=O) groups excluding carboxylic acids is 5. The third-order valence-electron chi connectivity index (χ3n) is 10.4. The quantitative estimate of drug-likeness (QED) is 0.0420. The number of Topliss-reactive ketones (excluding diaryl/α,β-unsaturated/α-hetero) is 1. The van der Waals surface area contributed by atoms with Gasteiger partial charge in [-0.3, -0.25) is 14.4 Å². The van der Waals surface area contributed by atoms with E-state index in [2.05, 4.69) is 38.1 Å². The molecule has 0 amide bonds. The highest BCUT2D eigenvalue weighted by Crippen LogP contribution is 2.31. The molecule has 0 aromatic heterocycles. The van der Waals surface area contributed by atoms with E-state index in [1.165, 1.54) is 47.5 Å². The van der Waals surface area contributed by atoms with Crippen molar-refractivity contribution in [2.45, 2.75) is 91.4 Å². The zero-order chi connectivity index (χ0) is 43.8. The van der Waals surface area contributed by atoms with Crippen LogP contribution in [0.25, 0.3) is 10.8 Å². The standard InChI is InChI=1S/C53H52O9/c1-4-7-10-48(54)47-34-43-33-46(61-52(57)40-21-26-44(27-22-40)59-50(55)31-19-38-15-11-36(8-5-2)12-16-38)30-25-42(43)35-49(47)62-53(58)41-23-28-45(29-24-41)60-51(56)32-20-39-17-13-37(9-6-3)14-18-39/h11-18,21-30,33-35H,4-10,19-20,31-32H2,1-3H3. The van der Waals surface area contributed by atoms with Gasteiger partial charge in [-0.05, 0) is 138 Å². The van der Waals surface area contributed by atoms with Gasteiger partial charge in [-0.1, -0.05) is 94.6 Å². The number of benzene rings is 6. The summed E-state index contributed by atoms with van der Waals surface area (Å²) in [6, 6.07) is 36.9. The van der Waals surface area contributed by atoms with Crippen molar-refractivity contribution in [2.75, 3.05) is 0 Å². The van der Waals surface area contributed by atoms with Crippen molar-refractivity contribution >= 4 is 40.4 Å². The first-order valence-electron chi connectivity index (χ1n) is 21.4. The van der Waals surface area contributed by atoms with Crippen LogP contribution in [0.2, 0.25) is 0 Å². The fourth-order valence-electron chi connectivity index (χ4n) is 6.92. The van der Waals surface area contributed by atoms with Gasteiger partial charge in [0.05, 0.1) is 16.7 Å². The lowest BCUT2D eigenvalue weighted by atomic mass is 10.00. The number of rotatable bonds is 20. The molecule has 0 N–H and O–H groups in total. The Labute approximate surface area is 363 Å². The summed E-state index contributed by atoms with van der Waals surface area (Å²) in [4.78, 5) is 65.0. The Morgan fingerprint density at radius 1 is 0.403 bits per heavy atom.